The molecule has 66 heavy (non-hydrogen) atoms. The second-order valence-electron chi connectivity index (χ2n) is 18.9. The average molecular weight is 899 g/mol. The monoisotopic (exact) mass is 898 g/mol. The van der Waals surface area contributed by atoms with E-state index in [4.69, 9.17) is 9.47 Å². The Morgan fingerprint density at radius 3 is 1.39 bits per heavy atom. The highest BCUT2D eigenvalue weighted by atomic mass is 16.5. The van der Waals surface area contributed by atoms with Gasteiger partial charge in [0.2, 0.25) is 23.6 Å². The Morgan fingerprint density at radius 1 is 0.636 bits per heavy atom. The van der Waals surface area contributed by atoms with Gasteiger partial charge in [0.15, 0.2) is 11.6 Å². The van der Waals surface area contributed by atoms with Gasteiger partial charge in [-0.2, -0.15) is 10.5 Å². The van der Waals surface area contributed by atoms with Crippen LogP contribution in [-0.4, -0.2) is 74.6 Å². The zero-order valence-corrected chi connectivity index (χ0v) is 38.1. The van der Waals surface area contributed by atoms with Crippen LogP contribution in [0.3, 0.4) is 0 Å². The number of nitriles is 2. The number of carbonyl (C=O) groups is 6. The number of ketones is 2. The molecule has 6 atom stereocenters. The molecule has 348 valence electrons. The summed E-state index contributed by atoms with van der Waals surface area (Å²) < 4.78 is 10.8. The Hall–Kier alpha value is -6.28. The lowest BCUT2D eigenvalue weighted by molar-refractivity contribution is -0.128. The lowest BCUT2D eigenvalue weighted by Gasteiger charge is -2.24. The summed E-state index contributed by atoms with van der Waals surface area (Å²) in [7, 11) is 3.21. The lowest BCUT2D eigenvalue weighted by atomic mass is 9.85. The van der Waals surface area contributed by atoms with Crippen molar-refractivity contribution in [3.8, 4) is 23.6 Å². The lowest BCUT2D eigenvalue weighted by Crippen LogP contribution is -2.43. The molecule has 0 radical (unpaired) electrons. The fourth-order valence-electron chi connectivity index (χ4n) is 9.68. The first-order chi connectivity index (χ1) is 32.0. The number of fused-ring (bicyclic) bond motifs is 2. The van der Waals surface area contributed by atoms with Gasteiger partial charge in [0.1, 0.15) is 11.5 Å². The number of rotatable bonds is 20. The Balaban J connectivity index is 0.000000196. The third kappa shape index (κ3) is 12.5. The molecule has 2 aromatic rings. The summed E-state index contributed by atoms with van der Waals surface area (Å²) in [4.78, 5) is 76.6. The Labute approximate surface area is 387 Å². The number of carbonyl (C=O) groups excluding carboxylic acids is 6. The van der Waals surface area contributed by atoms with Crippen molar-refractivity contribution in [1.82, 2.24) is 21.3 Å². The van der Waals surface area contributed by atoms with E-state index in [0.29, 0.717) is 74.6 Å². The summed E-state index contributed by atoms with van der Waals surface area (Å²) in [6.07, 6.45) is 14.3. The van der Waals surface area contributed by atoms with Crippen LogP contribution in [0.1, 0.15) is 112 Å². The number of Topliss-reactive ketones (excluding diaryl/α,β-unsaturated/α-hetero) is 2. The molecule has 8 rings (SSSR count). The van der Waals surface area contributed by atoms with Crippen LogP contribution in [0, 0.1) is 58.2 Å². The van der Waals surface area contributed by atoms with Crippen molar-refractivity contribution in [2.75, 3.05) is 27.3 Å². The second-order valence-corrected chi connectivity index (χ2v) is 18.9. The van der Waals surface area contributed by atoms with E-state index in [2.05, 4.69) is 33.4 Å². The van der Waals surface area contributed by atoms with Crippen molar-refractivity contribution in [3.63, 3.8) is 0 Å². The Bertz CT molecular complexity index is 2170. The molecule has 0 bridgehead atoms. The quantitative estimate of drug-likeness (QED) is 0.124. The van der Waals surface area contributed by atoms with Crippen molar-refractivity contribution >= 4 is 47.3 Å². The van der Waals surface area contributed by atoms with Crippen LogP contribution in [0.25, 0.3) is 12.2 Å². The van der Waals surface area contributed by atoms with Gasteiger partial charge in [0.25, 0.3) is 0 Å². The number of benzene rings is 2. The van der Waals surface area contributed by atoms with Crippen molar-refractivity contribution < 1.29 is 38.2 Å². The minimum absolute atomic E-state index is 0.0278. The van der Waals surface area contributed by atoms with Gasteiger partial charge in [-0.15, -0.1) is 0 Å². The number of hydrogen-bond acceptors (Lipinski definition) is 10. The fourth-order valence-corrected chi connectivity index (χ4v) is 9.68. The molecule has 2 heterocycles. The minimum Gasteiger partial charge on any atom is -0.496 e. The highest BCUT2D eigenvalue weighted by Crippen LogP contribution is 2.37. The van der Waals surface area contributed by atoms with Gasteiger partial charge in [-0.3, -0.25) is 28.8 Å². The first kappa shape index (κ1) is 47.7. The molecule has 2 aromatic carbocycles. The first-order valence-electron chi connectivity index (χ1n) is 23.7. The molecule has 4 amide bonds. The van der Waals surface area contributed by atoms with Crippen molar-refractivity contribution in [2.45, 2.75) is 115 Å². The van der Waals surface area contributed by atoms with Crippen LogP contribution in [0.4, 0.5) is 0 Å². The van der Waals surface area contributed by atoms with Crippen molar-refractivity contribution in [2.24, 2.45) is 35.5 Å². The molecule has 0 unspecified atom stereocenters. The molecule has 0 spiro atoms. The summed E-state index contributed by atoms with van der Waals surface area (Å²) in [5, 5.41) is 30.9. The number of methoxy groups -OCH3 is 2. The zero-order chi connectivity index (χ0) is 46.7. The smallest absolute Gasteiger partial charge is 0.248 e. The molecular weight excluding hydrogens is 837 g/mol. The van der Waals surface area contributed by atoms with E-state index in [1.165, 1.54) is 0 Å². The van der Waals surface area contributed by atoms with Crippen molar-refractivity contribution in [1.29, 1.82) is 10.5 Å². The maximum Gasteiger partial charge on any atom is 0.248 e. The highest BCUT2D eigenvalue weighted by Gasteiger charge is 2.36. The summed E-state index contributed by atoms with van der Waals surface area (Å²) in [5.74, 6) is 0.0765. The van der Waals surface area contributed by atoms with Gasteiger partial charge in [-0.05, 0) is 98.6 Å². The van der Waals surface area contributed by atoms with E-state index < -0.39 is 23.9 Å². The molecule has 2 saturated carbocycles. The summed E-state index contributed by atoms with van der Waals surface area (Å²) in [5.41, 5.74) is 5.09. The number of piperidine rings is 2. The molecule has 4 fully saturated rings. The summed E-state index contributed by atoms with van der Waals surface area (Å²) in [6.45, 7) is 1.35. The molecule has 6 aliphatic rings. The van der Waals surface area contributed by atoms with E-state index in [9.17, 15) is 39.3 Å². The topological polar surface area (TPSA) is 217 Å². The Morgan fingerprint density at radius 2 is 1.05 bits per heavy atom. The third-order valence-electron chi connectivity index (χ3n) is 13.9. The van der Waals surface area contributed by atoms with E-state index in [0.717, 1.165) is 85.1 Å². The van der Waals surface area contributed by atoms with Gasteiger partial charge in [-0.1, -0.05) is 49.9 Å². The number of nitrogens with zero attached hydrogens (tertiary/aromatic N) is 2. The van der Waals surface area contributed by atoms with Gasteiger partial charge < -0.3 is 30.7 Å². The summed E-state index contributed by atoms with van der Waals surface area (Å²) in [6, 6.07) is 14.7. The number of hydrogen-bond donors (Lipinski definition) is 4. The van der Waals surface area contributed by atoms with Crippen LogP contribution < -0.4 is 30.7 Å². The summed E-state index contributed by atoms with van der Waals surface area (Å²) >= 11 is 0. The van der Waals surface area contributed by atoms with E-state index in [1.807, 2.05) is 48.6 Å². The van der Waals surface area contributed by atoms with Gasteiger partial charge in [0.05, 0.1) is 50.3 Å². The second kappa shape index (κ2) is 22.3. The van der Waals surface area contributed by atoms with Crippen LogP contribution >= 0.6 is 0 Å². The molecule has 2 saturated heterocycles. The predicted molar refractivity (Wildman–Crippen MR) is 246 cm³/mol. The van der Waals surface area contributed by atoms with E-state index in [-0.39, 0.29) is 59.9 Å². The molecular formula is C52H62N6O8. The molecule has 4 aliphatic carbocycles. The first-order valence-corrected chi connectivity index (χ1v) is 23.7. The van der Waals surface area contributed by atoms with Crippen molar-refractivity contribution in [3.05, 3.63) is 69.8 Å². The van der Waals surface area contributed by atoms with Gasteiger partial charge >= 0.3 is 0 Å². The SMILES string of the molecule is COc1cccc2c1C=C(C(=O)N[C@@H](CC1CC1)C(=O)C[C@H](C#N)C[C@@H]1CCCNC1=O)C2.COc1cccc2c1C=C(C(=O)N[C@H](CC1CC1)C(=O)C[C@H](C#N)C[C@@H]1CCCNC1=O)C2. The Kier molecular flexibility index (Phi) is 16.1. The maximum absolute atomic E-state index is 13.2. The van der Waals surface area contributed by atoms with Crippen LogP contribution in [0.5, 0.6) is 11.5 Å². The minimum atomic E-state index is -0.604. The zero-order valence-electron chi connectivity index (χ0n) is 38.1. The van der Waals surface area contributed by atoms with Crippen LogP contribution in [0.2, 0.25) is 0 Å². The molecule has 0 aromatic heterocycles. The highest BCUT2D eigenvalue weighted by molar-refractivity contribution is 6.04. The van der Waals surface area contributed by atoms with E-state index in [1.54, 1.807) is 14.2 Å². The number of ether oxygens (including phenoxy) is 2. The normalized spacial score (nSPS) is 21.2. The van der Waals surface area contributed by atoms with Crippen LogP contribution in [0.15, 0.2) is 47.5 Å². The van der Waals surface area contributed by atoms with Crippen LogP contribution in [-0.2, 0) is 41.6 Å². The molecule has 14 heteroatoms. The number of amides is 4. The third-order valence-corrected chi connectivity index (χ3v) is 13.9. The molecule has 2 aliphatic heterocycles. The molecule has 14 nitrogen and oxygen atoms in total. The maximum atomic E-state index is 13.2. The average Bonchev–Trinajstić information content (AvgIpc) is 4.24. The fraction of sp³-hybridized carbons (Fsp3) is 0.538. The molecule has 4 N–H and O–H groups in total. The van der Waals surface area contributed by atoms with E-state index >= 15 is 0 Å². The predicted octanol–water partition coefficient (Wildman–Crippen LogP) is 5.87. The van der Waals surface area contributed by atoms with Gasteiger partial charge in [-0.25, -0.2) is 0 Å². The van der Waals surface area contributed by atoms with Gasteiger partial charge in [0, 0.05) is 72.9 Å². The largest absolute Gasteiger partial charge is 0.496 e. The number of nitrogens with one attached hydrogen (secondary N) is 4. The standard InChI is InChI=1S/2C26H31N3O4/c2*1-33-24-6-2-4-18-13-20(14-21(18)24)26(32)29-22(11-16-7-8-16)23(30)12-17(15-27)10-19-5-3-9-28-25(19)31/h2*2,4,6,14,16-17,19,22H,3,5,7-13H2,1H3,(H,28,31)(H,29,32)/t17-,19+,22+;17-,19+,22-/m11/s1.